The van der Waals surface area contributed by atoms with Crippen molar-refractivity contribution in [3.63, 3.8) is 0 Å². The van der Waals surface area contributed by atoms with Crippen molar-refractivity contribution >= 4 is 5.84 Å². The lowest BCUT2D eigenvalue weighted by atomic mass is 9.96. The third-order valence-corrected chi connectivity index (χ3v) is 4.32. The van der Waals surface area contributed by atoms with E-state index in [1.165, 1.54) is 25.0 Å². The van der Waals surface area contributed by atoms with E-state index in [2.05, 4.69) is 16.8 Å². The van der Waals surface area contributed by atoms with Gasteiger partial charge in [0.2, 0.25) is 0 Å². The van der Waals surface area contributed by atoms with E-state index in [1.54, 1.807) is 0 Å². The number of rotatable bonds is 2. The molecule has 0 saturated carbocycles. The molecule has 4 heteroatoms. The van der Waals surface area contributed by atoms with Gasteiger partial charge in [-0.05, 0) is 56.6 Å². The van der Waals surface area contributed by atoms with Crippen LogP contribution in [0.5, 0.6) is 0 Å². The van der Waals surface area contributed by atoms with E-state index in [9.17, 15) is 4.39 Å². The number of nitrogens with zero attached hydrogens (tertiary/aromatic N) is 2. The molecular formula is C15H20FN3. The zero-order valence-electron chi connectivity index (χ0n) is 11.3. The highest BCUT2D eigenvalue weighted by Crippen LogP contribution is 2.26. The molecule has 1 fully saturated rings. The molecule has 1 aromatic rings. The molecule has 1 saturated heterocycles. The SMILES string of the molecule is CN1CCC(CN2Cc3ccc(F)cc3C2=N)CC1. The summed E-state index contributed by atoms with van der Waals surface area (Å²) in [5, 5.41) is 8.19. The largest absolute Gasteiger partial charge is 0.352 e. The highest BCUT2D eigenvalue weighted by molar-refractivity contribution is 6.00. The first-order valence-electron chi connectivity index (χ1n) is 6.94. The van der Waals surface area contributed by atoms with E-state index >= 15 is 0 Å². The molecule has 2 aliphatic heterocycles. The second kappa shape index (κ2) is 4.93. The molecule has 0 spiro atoms. The van der Waals surface area contributed by atoms with Crippen LogP contribution in [-0.4, -0.2) is 42.3 Å². The van der Waals surface area contributed by atoms with Crippen molar-refractivity contribution in [3.8, 4) is 0 Å². The summed E-state index contributed by atoms with van der Waals surface area (Å²) in [6.07, 6.45) is 2.40. The molecule has 0 unspecified atom stereocenters. The van der Waals surface area contributed by atoms with E-state index < -0.39 is 0 Å². The number of hydrogen-bond acceptors (Lipinski definition) is 2. The fourth-order valence-electron chi connectivity index (χ4n) is 3.07. The molecule has 0 atom stereocenters. The molecule has 0 radical (unpaired) electrons. The Labute approximate surface area is 113 Å². The Bertz CT molecular complexity index is 492. The van der Waals surface area contributed by atoms with Crippen LogP contribution >= 0.6 is 0 Å². The minimum atomic E-state index is -0.246. The molecule has 1 N–H and O–H groups in total. The van der Waals surface area contributed by atoms with Crippen LogP contribution in [0.2, 0.25) is 0 Å². The summed E-state index contributed by atoms with van der Waals surface area (Å²) in [5.74, 6) is 0.911. The second-order valence-corrected chi connectivity index (χ2v) is 5.78. The Morgan fingerprint density at radius 1 is 1.32 bits per heavy atom. The van der Waals surface area contributed by atoms with Gasteiger partial charge in [-0.25, -0.2) is 4.39 Å². The number of fused-ring (bicyclic) bond motifs is 1. The predicted molar refractivity (Wildman–Crippen MR) is 73.9 cm³/mol. The number of benzene rings is 1. The van der Waals surface area contributed by atoms with Crippen molar-refractivity contribution < 1.29 is 4.39 Å². The molecular weight excluding hydrogens is 241 g/mol. The van der Waals surface area contributed by atoms with Crippen LogP contribution in [0, 0.1) is 17.1 Å². The average Bonchev–Trinajstić information content (AvgIpc) is 2.70. The van der Waals surface area contributed by atoms with Gasteiger partial charge in [-0.2, -0.15) is 0 Å². The topological polar surface area (TPSA) is 30.3 Å². The van der Waals surface area contributed by atoms with Gasteiger partial charge in [0.15, 0.2) is 0 Å². The lowest BCUT2D eigenvalue weighted by Crippen LogP contribution is -2.37. The Hall–Kier alpha value is -1.42. The highest BCUT2D eigenvalue weighted by Gasteiger charge is 2.27. The van der Waals surface area contributed by atoms with Gasteiger partial charge in [0, 0.05) is 18.7 Å². The quantitative estimate of drug-likeness (QED) is 0.885. The van der Waals surface area contributed by atoms with Crippen molar-refractivity contribution in [2.45, 2.75) is 19.4 Å². The van der Waals surface area contributed by atoms with Crippen LogP contribution in [0.25, 0.3) is 0 Å². The van der Waals surface area contributed by atoms with Gasteiger partial charge in [-0.3, -0.25) is 5.41 Å². The standard InChI is InChI=1S/C15H20FN3/c1-18-6-4-11(5-7-18)9-19-10-12-2-3-13(16)8-14(12)15(19)17/h2-3,8,11,17H,4-7,9-10H2,1H3. The van der Waals surface area contributed by atoms with Gasteiger partial charge < -0.3 is 9.80 Å². The summed E-state index contributed by atoms with van der Waals surface area (Å²) in [4.78, 5) is 4.45. The summed E-state index contributed by atoms with van der Waals surface area (Å²) in [6, 6.07) is 4.80. The molecule has 0 bridgehead atoms. The Kier molecular flexibility index (Phi) is 3.27. The van der Waals surface area contributed by atoms with Crippen LogP contribution in [0.1, 0.15) is 24.0 Å². The number of piperidine rings is 1. The molecule has 19 heavy (non-hydrogen) atoms. The van der Waals surface area contributed by atoms with Crippen LogP contribution in [-0.2, 0) is 6.54 Å². The molecule has 0 aromatic heterocycles. The van der Waals surface area contributed by atoms with E-state index in [4.69, 9.17) is 5.41 Å². The number of hydrogen-bond donors (Lipinski definition) is 1. The molecule has 102 valence electrons. The van der Waals surface area contributed by atoms with Gasteiger partial charge >= 0.3 is 0 Å². The van der Waals surface area contributed by atoms with Crippen LogP contribution in [0.3, 0.4) is 0 Å². The summed E-state index contributed by atoms with van der Waals surface area (Å²) >= 11 is 0. The van der Waals surface area contributed by atoms with Gasteiger partial charge in [0.25, 0.3) is 0 Å². The van der Waals surface area contributed by atoms with Crippen molar-refractivity contribution in [2.24, 2.45) is 5.92 Å². The van der Waals surface area contributed by atoms with Gasteiger partial charge in [0.1, 0.15) is 11.7 Å². The lowest BCUT2D eigenvalue weighted by Gasteiger charge is -2.32. The second-order valence-electron chi connectivity index (χ2n) is 5.78. The summed E-state index contributed by atoms with van der Waals surface area (Å²) in [5.41, 5.74) is 1.85. The number of likely N-dealkylation sites (tertiary alicyclic amines) is 1. The molecule has 1 aromatic carbocycles. The zero-order chi connectivity index (χ0) is 13.4. The van der Waals surface area contributed by atoms with Gasteiger partial charge in [-0.1, -0.05) is 6.07 Å². The average molecular weight is 261 g/mol. The third-order valence-electron chi connectivity index (χ3n) is 4.32. The first-order valence-corrected chi connectivity index (χ1v) is 6.94. The van der Waals surface area contributed by atoms with Crippen LogP contribution in [0.4, 0.5) is 4.39 Å². The first-order chi connectivity index (χ1) is 9.13. The smallest absolute Gasteiger partial charge is 0.128 e. The normalized spacial score (nSPS) is 20.9. The molecule has 3 nitrogen and oxygen atoms in total. The lowest BCUT2D eigenvalue weighted by molar-refractivity contribution is 0.193. The van der Waals surface area contributed by atoms with Crippen molar-refractivity contribution in [1.82, 2.24) is 9.80 Å². The molecule has 0 aliphatic carbocycles. The maximum atomic E-state index is 13.2. The Morgan fingerprint density at radius 2 is 2.05 bits per heavy atom. The van der Waals surface area contributed by atoms with Crippen LogP contribution in [0.15, 0.2) is 18.2 Å². The van der Waals surface area contributed by atoms with Gasteiger partial charge in [0.05, 0.1) is 0 Å². The maximum absolute atomic E-state index is 13.2. The van der Waals surface area contributed by atoms with Crippen LogP contribution < -0.4 is 0 Å². The van der Waals surface area contributed by atoms with Crippen molar-refractivity contribution in [3.05, 3.63) is 35.1 Å². The van der Waals surface area contributed by atoms with Gasteiger partial charge in [-0.15, -0.1) is 0 Å². The van der Waals surface area contributed by atoms with Crippen molar-refractivity contribution in [2.75, 3.05) is 26.7 Å². The van der Waals surface area contributed by atoms with E-state index in [1.807, 2.05) is 6.07 Å². The summed E-state index contributed by atoms with van der Waals surface area (Å²) < 4.78 is 13.2. The molecule has 2 aliphatic rings. The predicted octanol–water partition coefficient (Wildman–Crippen LogP) is 2.31. The highest BCUT2D eigenvalue weighted by atomic mass is 19.1. The third kappa shape index (κ3) is 2.50. The van der Waals surface area contributed by atoms with E-state index in [0.29, 0.717) is 11.8 Å². The Morgan fingerprint density at radius 3 is 2.79 bits per heavy atom. The number of halogens is 1. The molecule has 3 rings (SSSR count). The molecule has 2 heterocycles. The van der Waals surface area contributed by atoms with Crippen molar-refractivity contribution in [1.29, 1.82) is 5.41 Å². The summed E-state index contributed by atoms with van der Waals surface area (Å²) in [6.45, 7) is 3.99. The van der Waals surface area contributed by atoms with E-state index in [0.717, 1.165) is 37.3 Å². The Balaban J connectivity index is 1.67. The monoisotopic (exact) mass is 261 g/mol. The summed E-state index contributed by atoms with van der Waals surface area (Å²) in [7, 11) is 2.16. The minimum Gasteiger partial charge on any atom is -0.352 e. The fraction of sp³-hybridized carbons (Fsp3) is 0.533. The number of nitrogens with one attached hydrogen (secondary N) is 1. The van der Waals surface area contributed by atoms with E-state index in [-0.39, 0.29) is 5.82 Å². The number of amidine groups is 1. The fourth-order valence-corrected chi connectivity index (χ4v) is 3.07. The first kappa shape index (κ1) is 12.6. The molecule has 0 amide bonds. The zero-order valence-corrected chi connectivity index (χ0v) is 11.3. The maximum Gasteiger partial charge on any atom is 0.128 e. The minimum absolute atomic E-state index is 0.246.